The smallest absolute Gasteiger partial charge is 0.234 e. The first-order chi connectivity index (χ1) is 14.6. The zero-order valence-electron chi connectivity index (χ0n) is 16.7. The third-order valence-corrected chi connectivity index (χ3v) is 7.52. The number of aromatic nitrogens is 1. The van der Waals surface area contributed by atoms with Crippen molar-refractivity contribution >= 4 is 56.3 Å². The molecule has 4 rings (SSSR count). The van der Waals surface area contributed by atoms with Crippen LogP contribution >= 0.6 is 39.0 Å². The summed E-state index contributed by atoms with van der Waals surface area (Å²) in [5.74, 6) is 0.320. The number of thiazole rings is 1. The monoisotopic (exact) mass is 502 g/mol. The molecular weight excluding hydrogens is 480 g/mol. The summed E-state index contributed by atoms with van der Waals surface area (Å²) in [6.45, 7) is 4.23. The van der Waals surface area contributed by atoms with Gasteiger partial charge in [0.15, 0.2) is 4.34 Å². The lowest BCUT2D eigenvalue weighted by atomic mass is 10.2. The molecule has 5 nitrogen and oxygen atoms in total. The molecule has 2 aromatic carbocycles. The van der Waals surface area contributed by atoms with E-state index in [0.717, 1.165) is 51.9 Å². The van der Waals surface area contributed by atoms with Crippen LogP contribution in [-0.2, 0) is 4.79 Å². The first-order valence-corrected chi connectivity index (χ1v) is 12.4. The average molecular weight is 503 g/mol. The summed E-state index contributed by atoms with van der Waals surface area (Å²) >= 11 is 6.48. The van der Waals surface area contributed by atoms with Gasteiger partial charge in [-0.25, -0.2) is 4.98 Å². The number of hydrogen-bond acceptors (Lipinski definition) is 6. The molecule has 1 fully saturated rings. The van der Waals surface area contributed by atoms with Crippen LogP contribution in [0.3, 0.4) is 0 Å². The second kappa shape index (κ2) is 9.96. The van der Waals surface area contributed by atoms with E-state index in [1.165, 1.54) is 17.4 Å². The molecule has 3 aromatic rings. The summed E-state index contributed by atoms with van der Waals surface area (Å²) in [5, 5.41) is 5.01. The Morgan fingerprint density at radius 1 is 1.10 bits per heavy atom. The maximum absolute atomic E-state index is 12.3. The van der Waals surface area contributed by atoms with E-state index in [-0.39, 0.29) is 5.91 Å². The third-order valence-electron chi connectivity index (χ3n) is 4.97. The van der Waals surface area contributed by atoms with Crippen molar-refractivity contribution < 1.29 is 4.79 Å². The van der Waals surface area contributed by atoms with E-state index >= 15 is 0 Å². The highest BCUT2D eigenvalue weighted by Crippen LogP contribution is 2.29. The molecule has 0 bridgehead atoms. The fourth-order valence-corrected chi connectivity index (χ4v) is 5.12. The molecule has 0 aliphatic carbocycles. The maximum Gasteiger partial charge on any atom is 0.234 e. The van der Waals surface area contributed by atoms with Gasteiger partial charge in [-0.15, -0.1) is 11.3 Å². The molecule has 1 aliphatic rings. The van der Waals surface area contributed by atoms with Crippen LogP contribution in [0.25, 0.3) is 11.3 Å². The van der Waals surface area contributed by atoms with Gasteiger partial charge >= 0.3 is 0 Å². The quantitative estimate of drug-likeness (QED) is 0.477. The minimum absolute atomic E-state index is 0.0206. The summed E-state index contributed by atoms with van der Waals surface area (Å²) in [4.78, 5) is 21.7. The minimum atomic E-state index is -0.0206. The Hall–Kier alpha value is -1.87. The summed E-state index contributed by atoms with van der Waals surface area (Å²) < 4.78 is 1.94. The number of thioether (sulfide) groups is 1. The first kappa shape index (κ1) is 21.4. The van der Waals surface area contributed by atoms with E-state index in [2.05, 4.69) is 55.2 Å². The summed E-state index contributed by atoms with van der Waals surface area (Å²) in [7, 11) is 2.15. The number of rotatable bonds is 6. The normalized spacial score (nSPS) is 14.7. The highest BCUT2D eigenvalue weighted by Gasteiger charge is 2.14. The molecule has 2 heterocycles. The predicted molar refractivity (Wildman–Crippen MR) is 131 cm³/mol. The van der Waals surface area contributed by atoms with Crippen LogP contribution in [0.1, 0.15) is 0 Å². The van der Waals surface area contributed by atoms with Gasteiger partial charge in [0, 0.05) is 53.0 Å². The number of carbonyl (C=O) groups excluding carboxylic acids is 1. The largest absolute Gasteiger partial charge is 0.369 e. The van der Waals surface area contributed by atoms with E-state index in [9.17, 15) is 4.79 Å². The van der Waals surface area contributed by atoms with Gasteiger partial charge < -0.3 is 15.1 Å². The van der Waals surface area contributed by atoms with E-state index in [1.54, 1.807) is 11.3 Å². The highest BCUT2D eigenvalue weighted by molar-refractivity contribution is 9.10. The van der Waals surface area contributed by atoms with Crippen LogP contribution in [-0.4, -0.2) is 54.8 Å². The van der Waals surface area contributed by atoms with Gasteiger partial charge in [-0.1, -0.05) is 39.8 Å². The molecule has 1 amide bonds. The van der Waals surface area contributed by atoms with Crippen molar-refractivity contribution in [3.63, 3.8) is 0 Å². The Labute approximate surface area is 193 Å². The maximum atomic E-state index is 12.3. The van der Waals surface area contributed by atoms with Crippen molar-refractivity contribution in [2.45, 2.75) is 4.34 Å². The van der Waals surface area contributed by atoms with E-state index in [4.69, 9.17) is 0 Å². The Kier molecular flexibility index (Phi) is 7.09. The fraction of sp³-hybridized carbons (Fsp3) is 0.273. The van der Waals surface area contributed by atoms with Gasteiger partial charge in [-0.3, -0.25) is 4.79 Å². The average Bonchev–Trinajstić information content (AvgIpc) is 3.23. The molecule has 0 spiro atoms. The molecule has 30 heavy (non-hydrogen) atoms. The summed E-state index contributed by atoms with van der Waals surface area (Å²) in [5.41, 5.74) is 4.05. The number of anilines is 2. The van der Waals surface area contributed by atoms with Crippen LogP contribution in [0.5, 0.6) is 0 Å². The number of nitrogens with one attached hydrogen (secondary N) is 1. The summed E-state index contributed by atoms with van der Waals surface area (Å²) in [6.07, 6.45) is 0. The lowest BCUT2D eigenvalue weighted by Gasteiger charge is -2.34. The molecule has 1 N–H and O–H groups in total. The molecule has 1 aliphatic heterocycles. The van der Waals surface area contributed by atoms with Crippen LogP contribution in [0.15, 0.2) is 62.7 Å². The van der Waals surface area contributed by atoms with Crippen molar-refractivity contribution in [2.75, 3.05) is 49.2 Å². The van der Waals surface area contributed by atoms with Crippen LogP contribution in [0, 0.1) is 0 Å². The molecule has 0 atom stereocenters. The van der Waals surface area contributed by atoms with Crippen molar-refractivity contribution in [1.29, 1.82) is 0 Å². The highest BCUT2D eigenvalue weighted by atomic mass is 79.9. The van der Waals surface area contributed by atoms with E-state index in [0.29, 0.717) is 5.75 Å². The van der Waals surface area contributed by atoms with Crippen molar-refractivity contribution in [3.05, 3.63) is 58.4 Å². The Morgan fingerprint density at radius 2 is 1.80 bits per heavy atom. The van der Waals surface area contributed by atoms with Crippen LogP contribution < -0.4 is 10.2 Å². The molecule has 156 valence electrons. The topological polar surface area (TPSA) is 48.5 Å². The van der Waals surface area contributed by atoms with Crippen LogP contribution in [0.2, 0.25) is 0 Å². The van der Waals surface area contributed by atoms with E-state index in [1.807, 2.05) is 41.8 Å². The molecule has 1 aromatic heterocycles. The van der Waals surface area contributed by atoms with Gasteiger partial charge in [-0.05, 0) is 43.4 Å². The van der Waals surface area contributed by atoms with Crippen molar-refractivity contribution in [2.24, 2.45) is 0 Å². The lowest BCUT2D eigenvalue weighted by molar-refractivity contribution is -0.113. The number of halogens is 1. The standard InChI is InChI=1S/C22H23BrN4OS2/c1-26-10-12-27(13-11-26)19-8-6-18(7-9-19)24-21(28)15-30-22-25-20(14-29-22)16-2-4-17(23)5-3-16/h2-9,14H,10-13,15H2,1H3,(H,24,28). The molecule has 0 radical (unpaired) electrons. The molecule has 0 saturated carbocycles. The molecule has 8 heteroatoms. The van der Waals surface area contributed by atoms with Crippen molar-refractivity contribution in [3.8, 4) is 11.3 Å². The van der Waals surface area contributed by atoms with Gasteiger partial charge in [0.1, 0.15) is 0 Å². The second-order valence-electron chi connectivity index (χ2n) is 7.18. The van der Waals surface area contributed by atoms with Gasteiger partial charge in [0.2, 0.25) is 5.91 Å². The number of hydrogen-bond donors (Lipinski definition) is 1. The van der Waals surface area contributed by atoms with Gasteiger partial charge in [0.25, 0.3) is 0 Å². The zero-order chi connectivity index (χ0) is 20.9. The number of benzene rings is 2. The lowest BCUT2D eigenvalue weighted by Crippen LogP contribution is -2.44. The fourth-order valence-electron chi connectivity index (χ4n) is 3.22. The molecule has 1 saturated heterocycles. The van der Waals surface area contributed by atoms with Crippen molar-refractivity contribution in [1.82, 2.24) is 9.88 Å². The van der Waals surface area contributed by atoms with Crippen LogP contribution in [0.4, 0.5) is 11.4 Å². The first-order valence-electron chi connectivity index (χ1n) is 9.74. The number of carbonyl (C=O) groups is 1. The Bertz CT molecular complexity index is 983. The molecule has 0 unspecified atom stereocenters. The number of amides is 1. The zero-order valence-corrected chi connectivity index (χ0v) is 19.9. The molecular formula is C22H23BrN4OS2. The SMILES string of the molecule is CN1CCN(c2ccc(NC(=O)CSc3nc(-c4ccc(Br)cc4)cs3)cc2)CC1. The van der Waals surface area contributed by atoms with E-state index < -0.39 is 0 Å². The Balaban J connectivity index is 1.27. The van der Waals surface area contributed by atoms with Gasteiger partial charge in [-0.2, -0.15) is 0 Å². The minimum Gasteiger partial charge on any atom is -0.369 e. The number of nitrogens with zero attached hydrogens (tertiary/aromatic N) is 3. The summed E-state index contributed by atoms with van der Waals surface area (Å²) in [6, 6.07) is 16.2. The second-order valence-corrected chi connectivity index (χ2v) is 10.2. The Morgan fingerprint density at radius 3 is 2.50 bits per heavy atom. The van der Waals surface area contributed by atoms with Gasteiger partial charge in [0.05, 0.1) is 11.4 Å². The number of likely N-dealkylation sites (N-methyl/N-ethyl adjacent to an activating group) is 1. The number of piperazine rings is 1. The third kappa shape index (κ3) is 5.63. The predicted octanol–water partition coefficient (Wildman–Crippen LogP) is 5.06.